The fourth-order valence-corrected chi connectivity index (χ4v) is 8.33. The summed E-state index contributed by atoms with van der Waals surface area (Å²) in [6, 6.07) is 45.6. The number of rotatable bonds is 3. The molecule has 214 valence electrons. The van der Waals surface area contributed by atoms with Crippen molar-refractivity contribution < 1.29 is 6.85 Å². The summed E-state index contributed by atoms with van der Waals surface area (Å²) in [5, 5.41) is 6.75. The van der Waals surface area contributed by atoms with Crippen molar-refractivity contribution in [3.63, 3.8) is 0 Å². The zero-order valence-electron chi connectivity index (χ0n) is 29.6. The van der Waals surface area contributed by atoms with Gasteiger partial charge in [0, 0.05) is 37.0 Å². The van der Waals surface area contributed by atoms with Crippen LogP contribution < -0.4 is 0 Å². The second-order valence-corrected chi connectivity index (χ2v) is 12.8. The third-order valence-electron chi connectivity index (χ3n) is 9.26. The minimum Gasteiger partial charge on any atom is -0.309 e. The molecule has 2 heteroatoms. The summed E-state index contributed by atoms with van der Waals surface area (Å²) in [6.07, 6.45) is 0. The van der Waals surface area contributed by atoms with Gasteiger partial charge >= 0.3 is 0 Å². The van der Waals surface area contributed by atoms with Crippen LogP contribution in [0.25, 0.3) is 82.4 Å². The molecular weight excluding hydrogens is 575 g/mol. The average molecular weight is 607 g/mol. The van der Waals surface area contributed by atoms with Crippen molar-refractivity contribution in [1.82, 2.24) is 4.57 Å². The monoisotopic (exact) mass is 606 g/mol. The summed E-state index contributed by atoms with van der Waals surface area (Å²) in [5.74, 6) is 0. The van der Waals surface area contributed by atoms with Crippen LogP contribution in [0.1, 0.15) is 6.85 Å². The van der Waals surface area contributed by atoms with Gasteiger partial charge in [-0.2, -0.15) is 0 Å². The molecule has 0 bridgehead atoms. The Morgan fingerprint density at radius 3 is 2.15 bits per heavy atom. The van der Waals surface area contributed by atoms with Gasteiger partial charge in [0.25, 0.3) is 0 Å². The molecule has 0 aliphatic carbocycles. The van der Waals surface area contributed by atoms with E-state index in [1.807, 2.05) is 24.3 Å². The lowest BCUT2D eigenvalue weighted by Crippen LogP contribution is -1.95. The standard InChI is InChI=1S/C44H27NS/c1-3-10-28(11-4-1)33-23-25-42-43-36(33)16-9-17-37(43)39-26-30(20-24-41(39)46-42)31-19-21-35-38-22-18-29-12-7-8-15-34(29)44(38)45(40(35)27-31)32-13-5-2-6-14-32/h1-27H/i1D,3D,4D,10D,11D. The number of hydrogen-bond acceptors (Lipinski definition) is 1. The Morgan fingerprint density at radius 2 is 1.24 bits per heavy atom. The number of para-hydroxylation sites is 1. The Morgan fingerprint density at radius 1 is 0.478 bits per heavy atom. The molecule has 0 unspecified atom stereocenters. The van der Waals surface area contributed by atoms with Crippen molar-refractivity contribution in [1.29, 1.82) is 0 Å². The quantitative estimate of drug-likeness (QED) is 0.194. The molecule has 0 amide bonds. The van der Waals surface area contributed by atoms with Crippen LogP contribution >= 0.6 is 11.8 Å². The van der Waals surface area contributed by atoms with Crippen LogP contribution in [0.4, 0.5) is 0 Å². The highest BCUT2D eigenvalue weighted by molar-refractivity contribution is 7.99. The third-order valence-corrected chi connectivity index (χ3v) is 10.4. The summed E-state index contributed by atoms with van der Waals surface area (Å²) < 4.78 is 44.4. The molecule has 1 aliphatic heterocycles. The van der Waals surface area contributed by atoms with E-state index in [-0.39, 0.29) is 35.8 Å². The molecule has 0 N–H and O–H groups in total. The molecule has 0 atom stereocenters. The Kier molecular flexibility index (Phi) is 4.60. The minimum absolute atomic E-state index is 0.191. The molecule has 10 rings (SSSR count). The minimum atomic E-state index is -0.385. The number of hydrogen-bond donors (Lipinski definition) is 0. The Labute approximate surface area is 278 Å². The lowest BCUT2D eigenvalue weighted by atomic mass is 9.91. The maximum Gasteiger partial charge on any atom is 0.0629 e. The maximum absolute atomic E-state index is 8.68. The first-order valence-corrected chi connectivity index (χ1v) is 16.2. The van der Waals surface area contributed by atoms with Gasteiger partial charge in [0.05, 0.1) is 17.9 Å². The molecule has 0 radical (unpaired) electrons. The highest BCUT2D eigenvalue weighted by Gasteiger charge is 2.22. The fraction of sp³-hybridized carbons (Fsp3) is 0. The maximum atomic E-state index is 8.68. The van der Waals surface area contributed by atoms with Gasteiger partial charge in [0.2, 0.25) is 0 Å². The normalized spacial score (nSPS) is 13.8. The van der Waals surface area contributed by atoms with Crippen molar-refractivity contribution in [2.75, 3.05) is 0 Å². The van der Waals surface area contributed by atoms with E-state index >= 15 is 0 Å². The van der Waals surface area contributed by atoms with Crippen LogP contribution in [0, 0.1) is 0 Å². The molecule has 0 saturated heterocycles. The van der Waals surface area contributed by atoms with E-state index in [0.29, 0.717) is 5.56 Å². The van der Waals surface area contributed by atoms with E-state index in [1.54, 1.807) is 11.8 Å². The molecule has 9 aromatic rings. The molecule has 8 aromatic carbocycles. The molecule has 1 aromatic heterocycles. The van der Waals surface area contributed by atoms with Crippen LogP contribution in [0.15, 0.2) is 173 Å². The van der Waals surface area contributed by atoms with E-state index in [1.165, 1.54) is 27.1 Å². The van der Waals surface area contributed by atoms with Crippen LogP contribution in [-0.4, -0.2) is 4.57 Å². The lowest BCUT2D eigenvalue weighted by molar-refractivity contribution is 1.19. The molecule has 46 heavy (non-hydrogen) atoms. The zero-order valence-corrected chi connectivity index (χ0v) is 25.4. The number of aromatic nitrogens is 1. The molecule has 1 nitrogen and oxygen atoms in total. The van der Waals surface area contributed by atoms with Gasteiger partial charge in [-0.05, 0) is 80.6 Å². The van der Waals surface area contributed by atoms with Gasteiger partial charge in [0.15, 0.2) is 0 Å². The van der Waals surface area contributed by atoms with Crippen molar-refractivity contribution in [3.8, 4) is 39.1 Å². The summed E-state index contributed by atoms with van der Waals surface area (Å²) in [6.45, 7) is 0. The highest BCUT2D eigenvalue weighted by Crippen LogP contribution is 2.50. The van der Waals surface area contributed by atoms with Crippen molar-refractivity contribution >= 4 is 55.1 Å². The smallest absolute Gasteiger partial charge is 0.0629 e. The molecule has 0 fully saturated rings. The van der Waals surface area contributed by atoms with Crippen LogP contribution in [-0.2, 0) is 0 Å². The number of benzene rings is 8. The first-order valence-electron chi connectivity index (χ1n) is 17.9. The first kappa shape index (κ1) is 21.2. The van der Waals surface area contributed by atoms with Gasteiger partial charge in [-0.15, -0.1) is 0 Å². The Hall–Kier alpha value is -5.57. The predicted molar refractivity (Wildman–Crippen MR) is 196 cm³/mol. The van der Waals surface area contributed by atoms with Crippen LogP contribution in [0.2, 0.25) is 0 Å². The van der Waals surface area contributed by atoms with Crippen LogP contribution in [0.3, 0.4) is 0 Å². The van der Waals surface area contributed by atoms with E-state index in [0.717, 1.165) is 54.0 Å². The molecule has 0 spiro atoms. The van der Waals surface area contributed by atoms with Gasteiger partial charge in [-0.1, -0.05) is 139 Å². The zero-order chi connectivity index (χ0) is 34.5. The van der Waals surface area contributed by atoms with Gasteiger partial charge < -0.3 is 4.57 Å². The summed E-state index contributed by atoms with van der Waals surface area (Å²) >= 11 is 1.70. The summed E-state index contributed by atoms with van der Waals surface area (Å²) in [7, 11) is 0. The van der Waals surface area contributed by atoms with Crippen LogP contribution in [0.5, 0.6) is 0 Å². The number of fused-ring (bicyclic) bond motifs is 7. The second-order valence-electron chi connectivity index (χ2n) is 11.7. The molecule has 0 saturated carbocycles. The average Bonchev–Trinajstić information content (AvgIpc) is 3.51. The second kappa shape index (κ2) is 9.97. The molecule has 1 aliphatic rings. The van der Waals surface area contributed by atoms with Gasteiger partial charge in [-0.3, -0.25) is 0 Å². The van der Waals surface area contributed by atoms with Crippen molar-refractivity contribution in [2.24, 2.45) is 0 Å². The highest BCUT2D eigenvalue weighted by atomic mass is 32.2. The molecule has 2 heterocycles. The SMILES string of the molecule is [2H]c1c([2H])c([2H])c(-c2ccc3c4c(cccc24)-c2cc(-c4ccc5c6ccc7ccccc7c6n(-c6ccccc6)c5c4)ccc2S3)c([2H])c1[2H]. The first-order chi connectivity index (χ1) is 24.9. The van der Waals surface area contributed by atoms with E-state index in [2.05, 4.69) is 114 Å². The van der Waals surface area contributed by atoms with Crippen molar-refractivity contribution in [2.45, 2.75) is 9.79 Å². The largest absolute Gasteiger partial charge is 0.309 e. The topological polar surface area (TPSA) is 4.93 Å². The van der Waals surface area contributed by atoms with Gasteiger partial charge in [0.1, 0.15) is 0 Å². The Balaban J connectivity index is 1.18. The van der Waals surface area contributed by atoms with E-state index < -0.39 is 0 Å². The van der Waals surface area contributed by atoms with Gasteiger partial charge in [-0.25, -0.2) is 0 Å². The van der Waals surface area contributed by atoms with E-state index in [9.17, 15) is 0 Å². The van der Waals surface area contributed by atoms with Crippen molar-refractivity contribution in [3.05, 3.63) is 164 Å². The Bertz CT molecular complexity index is 2920. The summed E-state index contributed by atoms with van der Waals surface area (Å²) in [4.78, 5) is 2.23. The fourth-order valence-electron chi connectivity index (χ4n) is 7.22. The summed E-state index contributed by atoms with van der Waals surface area (Å²) in [5.41, 5.74) is 8.73. The lowest BCUT2D eigenvalue weighted by Gasteiger charge is -2.22. The third kappa shape index (κ3) is 3.77. The number of nitrogens with zero attached hydrogens (tertiary/aromatic N) is 1. The molecular formula is C44H27NS. The van der Waals surface area contributed by atoms with E-state index in [4.69, 9.17) is 6.85 Å². The predicted octanol–water partition coefficient (Wildman–Crippen LogP) is 12.6.